The molecule has 3 aromatic rings. The number of hydrazine groups is 1. The largest absolute Gasteiger partial charge is 0.478 e. The Hall–Kier alpha value is -2.21. The number of nitrogens with one attached hydrogen (secondary N) is 1. The third-order valence-corrected chi connectivity index (χ3v) is 6.88. The minimum absolute atomic E-state index is 0.139. The molecule has 4 rings (SSSR count). The van der Waals surface area contributed by atoms with Gasteiger partial charge in [-0.3, -0.25) is 11.3 Å². The molecule has 0 fully saturated rings. The van der Waals surface area contributed by atoms with Gasteiger partial charge in [0.15, 0.2) is 0 Å². The molecular formula is C22H24N2O2S. The van der Waals surface area contributed by atoms with Crippen molar-refractivity contribution in [3.8, 4) is 10.4 Å². The van der Waals surface area contributed by atoms with E-state index in [1.807, 2.05) is 18.2 Å². The third-order valence-electron chi connectivity index (χ3n) is 5.55. The summed E-state index contributed by atoms with van der Waals surface area (Å²) >= 11 is 1.64. The standard InChI is InChI=1S/C22H24N2O2S/c1-22(2)10-9-18-16(11-22)19(21(25)26)20(27-18)15-8-7-13-5-3-4-6-14(13)17(15)12-24-23/h3-8,24H,9-12,23H2,1-2H3,(H,25,26). The molecule has 0 bridgehead atoms. The average molecular weight is 381 g/mol. The zero-order valence-corrected chi connectivity index (χ0v) is 16.5. The lowest BCUT2D eigenvalue weighted by Gasteiger charge is -2.29. The van der Waals surface area contributed by atoms with E-state index in [1.54, 1.807) is 11.3 Å². The van der Waals surface area contributed by atoms with Gasteiger partial charge in [0.1, 0.15) is 0 Å². The van der Waals surface area contributed by atoms with Gasteiger partial charge in [0.05, 0.1) is 5.56 Å². The first-order valence-electron chi connectivity index (χ1n) is 9.23. The molecule has 4 nitrogen and oxygen atoms in total. The lowest BCUT2D eigenvalue weighted by atomic mass is 9.75. The molecule has 0 spiro atoms. The van der Waals surface area contributed by atoms with Crippen molar-refractivity contribution >= 4 is 28.1 Å². The Bertz CT molecular complexity index is 1040. The quantitative estimate of drug-likeness (QED) is 0.451. The second kappa shape index (κ2) is 6.75. The van der Waals surface area contributed by atoms with E-state index in [-0.39, 0.29) is 5.41 Å². The molecule has 1 aliphatic rings. The molecule has 0 radical (unpaired) electrons. The Labute approximate surface area is 163 Å². The van der Waals surface area contributed by atoms with Crippen molar-refractivity contribution in [3.63, 3.8) is 0 Å². The lowest BCUT2D eigenvalue weighted by molar-refractivity contribution is 0.0696. The first-order valence-corrected chi connectivity index (χ1v) is 10.1. The van der Waals surface area contributed by atoms with Crippen molar-refractivity contribution in [2.75, 3.05) is 0 Å². The van der Waals surface area contributed by atoms with Crippen LogP contribution in [0.2, 0.25) is 0 Å². The maximum atomic E-state index is 12.2. The predicted molar refractivity (Wildman–Crippen MR) is 111 cm³/mol. The van der Waals surface area contributed by atoms with E-state index >= 15 is 0 Å². The highest BCUT2D eigenvalue weighted by molar-refractivity contribution is 7.16. The SMILES string of the molecule is CC1(C)CCc2sc(-c3ccc4ccccc4c3CNN)c(C(=O)O)c2C1. The Kier molecular flexibility index (Phi) is 4.54. The van der Waals surface area contributed by atoms with E-state index < -0.39 is 5.97 Å². The number of thiophene rings is 1. The van der Waals surface area contributed by atoms with Crippen LogP contribution in [0.3, 0.4) is 0 Å². The summed E-state index contributed by atoms with van der Waals surface area (Å²) in [6.45, 7) is 4.93. The number of hydrogen-bond acceptors (Lipinski definition) is 4. The number of aryl methyl sites for hydroxylation is 1. The molecule has 0 amide bonds. The Morgan fingerprint density at radius 3 is 2.78 bits per heavy atom. The number of carboxylic acid groups (broad SMARTS) is 1. The van der Waals surface area contributed by atoms with Crippen LogP contribution in [-0.2, 0) is 19.4 Å². The van der Waals surface area contributed by atoms with E-state index in [4.69, 9.17) is 5.84 Å². The fourth-order valence-electron chi connectivity index (χ4n) is 4.18. The number of benzene rings is 2. The van der Waals surface area contributed by atoms with Gasteiger partial charge in [-0.2, -0.15) is 0 Å². The second-order valence-electron chi connectivity index (χ2n) is 8.05. The Morgan fingerprint density at radius 2 is 2.04 bits per heavy atom. The van der Waals surface area contributed by atoms with Crippen molar-refractivity contribution in [2.24, 2.45) is 11.3 Å². The first-order chi connectivity index (χ1) is 12.9. The van der Waals surface area contributed by atoms with E-state index in [1.165, 1.54) is 4.88 Å². The Balaban J connectivity index is 1.98. The van der Waals surface area contributed by atoms with Crippen molar-refractivity contribution in [1.82, 2.24) is 5.43 Å². The van der Waals surface area contributed by atoms with Crippen LogP contribution in [0, 0.1) is 5.41 Å². The van der Waals surface area contributed by atoms with E-state index in [0.29, 0.717) is 12.1 Å². The molecule has 0 aliphatic heterocycles. The minimum Gasteiger partial charge on any atom is -0.478 e. The summed E-state index contributed by atoms with van der Waals surface area (Å²) < 4.78 is 0. The van der Waals surface area contributed by atoms with Gasteiger partial charge in [-0.1, -0.05) is 50.2 Å². The second-order valence-corrected chi connectivity index (χ2v) is 9.15. The predicted octanol–water partition coefficient (Wildman–Crippen LogP) is 4.74. The summed E-state index contributed by atoms with van der Waals surface area (Å²) in [5.41, 5.74) is 6.44. The number of carbonyl (C=O) groups is 1. The van der Waals surface area contributed by atoms with Gasteiger partial charge in [-0.15, -0.1) is 11.3 Å². The van der Waals surface area contributed by atoms with Gasteiger partial charge in [-0.05, 0) is 52.1 Å². The minimum atomic E-state index is -0.833. The van der Waals surface area contributed by atoms with Gasteiger partial charge in [0.2, 0.25) is 0 Å². The number of carboxylic acids is 1. The molecule has 1 aromatic heterocycles. The molecule has 0 saturated heterocycles. The van der Waals surface area contributed by atoms with Crippen LogP contribution in [0.25, 0.3) is 21.2 Å². The molecule has 0 saturated carbocycles. The molecule has 140 valence electrons. The molecule has 4 N–H and O–H groups in total. The number of fused-ring (bicyclic) bond motifs is 2. The monoisotopic (exact) mass is 380 g/mol. The fourth-order valence-corrected chi connectivity index (χ4v) is 5.54. The molecule has 1 aliphatic carbocycles. The molecule has 5 heteroatoms. The summed E-state index contributed by atoms with van der Waals surface area (Å²) in [4.78, 5) is 14.3. The number of aromatic carboxylic acids is 1. The van der Waals surface area contributed by atoms with Crippen LogP contribution in [0.4, 0.5) is 0 Å². The van der Waals surface area contributed by atoms with Crippen LogP contribution < -0.4 is 11.3 Å². The normalized spacial score (nSPS) is 15.7. The summed E-state index contributed by atoms with van der Waals surface area (Å²) in [6.07, 6.45) is 2.86. The molecule has 1 heterocycles. The molecular weight excluding hydrogens is 356 g/mol. The Morgan fingerprint density at radius 1 is 1.26 bits per heavy atom. The van der Waals surface area contributed by atoms with Crippen LogP contribution in [-0.4, -0.2) is 11.1 Å². The summed E-state index contributed by atoms with van der Waals surface area (Å²) in [7, 11) is 0. The van der Waals surface area contributed by atoms with Crippen LogP contribution in [0.15, 0.2) is 36.4 Å². The summed E-state index contributed by atoms with van der Waals surface area (Å²) in [5.74, 6) is 4.83. The van der Waals surface area contributed by atoms with Gasteiger partial charge < -0.3 is 5.11 Å². The summed E-state index contributed by atoms with van der Waals surface area (Å²) in [6, 6.07) is 12.3. The van der Waals surface area contributed by atoms with E-state index in [0.717, 1.165) is 51.6 Å². The zero-order chi connectivity index (χ0) is 19.2. The van der Waals surface area contributed by atoms with Gasteiger partial charge in [0, 0.05) is 16.3 Å². The highest BCUT2D eigenvalue weighted by Crippen LogP contribution is 2.46. The molecule has 0 unspecified atom stereocenters. The van der Waals surface area contributed by atoms with Gasteiger partial charge in [0.25, 0.3) is 0 Å². The average Bonchev–Trinajstić information content (AvgIpc) is 2.99. The molecule has 2 aromatic carbocycles. The van der Waals surface area contributed by atoms with Crippen molar-refractivity contribution in [2.45, 2.75) is 39.7 Å². The third kappa shape index (κ3) is 3.16. The zero-order valence-electron chi connectivity index (χ0n) is 15.6. The summed E-state index contributed by atoms with van der Waals surface area (Å²) in [5, 5.41) is 12.3. The molecule has 27 heavy (non-hydrogen) atoms. The number of hydrogen-bond donors (Lipinski definition) is 3. The highest BCUT2D eigenvalue weighted by atomic mass is 32.1. The smallest absolute Gasteiger partial charge is 0.337 e. The van der Waals surface area contributed by atoms with E-state index in [2.05, 4.69) is 37.5 Å². The first kappa shape index (κ1) is 18.2. The topological polar surface area (TPSA) is 75.3 Å². The number of rotatable bonds is 4. The van der Waals surface area contributed by atoms with E-state index in [9.17, 15) is 9.90 Å². The van der Waals surface area contributed by atoms with Crippen LogP contribution in [0.5, 0.6) is 0 Å². The van der Waals surface area contributed by atoms with Gasteiger partial charge >= 0.3 is 5.97 Å². The van der Waals surface area contributed by atoms with Crippen molar-refractivity contribution in [3.05, 3.63) is 58.0 Å². The van der Waals surface area contributed by atoms with Gasteiger partial charge in [-0.25, -0.2) is 4.79 Å². The maximum Gasteiger partial charge on any atom is 0.337 e. The maximum absolute atomic E-state index is 12.2. The molecule has 0 atom stereocenters. The lowest BCUT2D eigenvalue weighted by Crippen LogP contribution is -2.22. The van der Waals surface area contributed by atoms with Crippen molar-refractivity contribution < 1.29 is 9.90 Å². The fraction of sp³-hybridized carbons (Fsp3) is 0.318. The van der Waals surface area contributed by atoms with Crippen molar-refractivity contribution in [1.29, 1.82) is 0 Å². The highest BCUT2D eigenvalue weighted by Gasteiger charge is 2.33. The van der Waals surface area contributed by atoms with Crippen LogP contribution >= 0.6 is 11.3 Å². The number of nitrogens with two attached hydrogens (primary N) is 1. The van der Waals surface area contributed by atoms with Crippen LogP contribution in [0.1, 0.15) is 46.6 Å².